The van der Waals surface area contributed by atoms with Gasteiger partial charge in [0.15, 0.2) is 17.3 Å². The number of hydrogen-bond acceptors (Lipinski definition) is 8. The average Bonchev–Trinajstić information content (AvgIpc) is 2.84. The molecule has 10 heteroatoms. The lowest BCUT2D eigenvalue weighted by Gasteiger charge is -2.13. The van der Waals surface area contributed by atoms with Gasteiger partial charge in [0.05, 0.1) is 29.2 Å². The van der Waals surface area contributed by atoms with Crippen molar-refractivity contribution < 1.29 is 18.3 Å². The third-order valence-corrected chi connectivity index (χ3v) is 5.37. The molecule has 0 aliphatic heterocycles. The molecule has 0 aliphatic rings. The van der Waals surface area contributed by atoms with E-state index in [2.05, 4.69) is 19.9 Å². The quantitative estimate of drug-likeness (QED) is 0.344. The third-order valence-electron chi connectivity index (χ3n) is 5.37. The van der Waals surface area contributed by atoms with Gasteiger partial charge in [0.2, 0.25) is 5.95 Å². The standard InChI is InChI=1S/C26H24F2N6O2/c1-3-10-36-22-7-4-17(27)23(24(22)28)19-6-5-18(29)25(33-19)21(35)12-15-13-31-9-8-16(15)20-11-14(2)32-26(30)34-20/h4-9,11,13H,3,10,12,29H2,1-2H3,(H2,30,32,34). The van der Waals surface area contributed by atoms with Crippen LogP contribution in [0.2, 0.25) is 0 Å². The number of benzene rings is 1. The summed E-state index contributed by atoms with van der Waals surface area (Å²) in [6.07, 6.45) is 3.64. The fourth-order valence-electron chi connectivity index (χ4n) is 3.73. The Morgan fingerprint density at radius 2 is 1.83 bits per heavy atom. The Labute approximate surface area is 206 Å². The summed E-state index contributed by atoms with van der Waals surface area (Å²) in [5.74, 6) is -2.18. The molecule has 4 aromatic rings. The highest BCUT2D eigenvalue weighted by Crippen LogP contribution is 2.32. The summed E-state index contributed by atoms with van der Waals surface area (Å²) in [7, 11) is 0. The second-order valence-corrected chi connectivity index (χ2v) is 8.10. The number of nitrogens with two attached hydrogens (primary N) is 2. The zero-order chi connectivity index (χ0) is 25.8. The van der Waals surface area contributed by atoms with Crippen molar-refractivity contribution in [3.63, 3.8) is 0 Å². The van der Waals surface area contributed by atoms with Crippen LogP contribution in [0.3, 0.4) is 0 Å². The first-order valence-electron chi connectivity index (χ1n) is 11.2. The van der Waals surface area contributed by atoms with Crippen molar-refractivity contribution in [1.82, 2.24) is 19.9 Å². The first-order valence-corrected chi connectivity index (χ1v) is 11.2. The molecule has 0 amide bonds. The minimum Gasteiger partial charge on any atom is -0.491 e. The molecule has 0 atom stereocenters. The first-order chi connectivity index (χ1) is 17.3. The van der Waals surface area contributed by atoms with E-state index in [0.29, 0.717) is 28.9 Å². The molecule has 36 heavy (non-hydrogen) atoms. The number of ether oxygens (including phenoxy) is 1. The monoisotopic (exact) mass is 490 g/mol. The van der Waals surface area contributed by atoms with E-state index in [4.69, 9.17) is 16.2 Å². The number of ketones is 1. The van der Waals surface area contributed by atoms with Crippen LogP contribution in [0.4, 0.5) is 20.4 Å². The predicted molar refractivity (Wildman–Crippen MR) is 132 cm³/mol. The van der Waals surface area contributed by atoms with E-state index in [1.807, 2.05) is 6.92 Å². The van der Waals surface area contributed by atoms with E-state index in [-0.39, 0.29) is 41.8 Å². The Balaban J connectivity index is 1.70. The largest absolute Gasteiger partial charge is 0.491 e. The Morgan fingerprint density at radius 1 is 1.03 bits per heavy atom. The summed E-state index contributed by atoms with van der Waals surface area (Å²) >= 11 is 0. The van der Waals surface area contributed by atoms with Gasteiger partial charge in [-0.3, -0.25) is 9.78 Å². The van der Waals surface area contributed by atoms with Gasteiger partial charge in [-0.1, -0.05) is 6.92 Å². The van der Waals surface area contributed by atoms with Gasteiger partial charge in [-0.15, -0.1) is 0 Å². The van der Waals surface area contributed by atoms with Crippen molar-refractivity contribution in [3.8, 4) is 28.3 Å². The minimum absolute atomic E-state index is 0.0740. The summed E-state index contributed by atoms with van der Waals surface area (Å²) < 4.78 is 35.1. The third kappa shape index (κ3) is 5.12. The van der Waals surface area contributed by atoms with Crippen molar-refractivity contribution in [1.29, 1.82) is 0 Å². The number of carbonyl (C=O) groups is 1. The summed E-state index contributed by atoms with van der Waals surface area (Å²) in [6, 6.07) is 8.53. The van der Waals surface area contributed by atoms with Crippen molar-refractivity contribution in [2.24, 2.45) is 0 Å². The van der Waals surface area contributed by atoms with E-state index in [1.54, 1.807) is 25.3 Å². The molecule has 0 saturated carbocycles. The second kappa shape index (κ2) is 10.4. The van der Waals surface area contributed by atoms with Crippen LogP contribution < -0.4 is 16.2 Å². The number of anilines is 2. The van der Waals surface area contributed by atoms with Crippen LogP contribution in [0, 0.1) is 18.6 Å². The Hall–Kier alpha value is -4.47. The maximum absolute atomic E-state index is 15.1. The molecular formula is C26H24F2N6O2. The summed E-state index contributed by atoms with van der Waals surface area (Å²) in [4.78, 5) is 30.0. The number of nitrogen functional groups attached to an aromatic ring is 2. The van der Waals surface area contributed by atoms with Crippen LogP contribution in [0.25, 0.3) is 22.5 Å². The maximum atomic E-state index is 15.1. The molecule has 4 N–H and O–H groups in total. The van der Waals surface area contributed by atoms with Crippen LogP contribution in [-0.4, -0.2) is 32.3 Å². The number of aryl methyl sites for hydroxylation is 1. The lowest BCUT2D eigenvalue weighted by Crippen LogP contribution is -2.12. The normalized spacial score (nSPS) is 10.9. The van der Waals surface area contributed by atoms with Crippen LogP contribution >= 0.6 is 0 Å². The second-order valence-electron chi connectivity index (χ2n) is 8.10. The number of carbonyl (C=O) groups excluding carboxylic acids is 1. The van der Waals surface area contributed by atoms with Crippen molar-refractivity contribution >= 4 is 17.4 Å². The molecule has 8 nitrogen and oxygen atoms in total. The topological polar surface area (TPSA) is 130 Å². The fraction of sp³-hybridized carbons (Fsp3) is 0.192. The molecule has 1 aromatic carbocycles. The highest BCUT2D eigenvalue weighted by Gasteiger charge is 2.22. The fourth-order valence-corrected chi connectivity index (χ4v) is 3.73. The summed E-state index contributed by atoms with van der Waals surface area (Å²) in [5, 5.41) is 0. The van der Waals surface area contributed by atoms with Gasteiger partial charge in [0, 0.05) is 30.1 Å². The molecule has 0 bridgehead atoms. The van der Waals surface area contributed by atoms with E-state index in [0.717, 1.165) is 6.07 Å². The number of nitrogens with zero attached hydrogens (tertiary/aromatic N) is 4. The number of rotatable bonds is 8. The zero-order valence-electron chi connectivity index (χ0n) is 19.8. The number of Topliss-reactive ketones (excluding diaryl/α,β-unsaturated/α-hetero) is 1. The number of aromatic nitrogens is 4. The number of halogens is 2. The van der Waals surface area contributed by atoms with Gasteiger partial charge in [-0.25, -0.2) is 23.7 Å². The lowest BCUT2D eigenvalue weighted by molar-refractivity contribution is 0.0989. The van der Waals surface area contributed by atoms with Gasteiger partial charge in [0.25, 0.3) is 0 Å². The lowest BCUT2D eigenvalue weighted by atomic mass is 9.99. The summed E-state index contributed by atoms with van der Waals surface area (Å²) in [6.45, 7) is 3.92. The number of pyridine rings is 2. The van der Waals surface area contributed by atoms with Gasteiger partial charge in [0.1, 0.15) is 11.5 Å². The molecule has 4 rings (SSSR count). The zero-order valence-corrected chi connectivity index (χ0v) is 19.8. The van der Waals surface area contributed by atoms with E-state index in [1.165, 1.54) is 24.4 Å². The number of hydrogen-bond donors (Lipinski definition) is 2. The van der Waals surface area contributed by atoms with Gasteiger partial charge < -0.3 is 16.2 Å². The molecule has 0 saturated heterocycles. The SMILES string of the molecule is CCCOc1ccc(F)c(-c2ccc(N)c(C(=O)Cc3cnccc3-c3cc(C)nc(N)n3)n2)c1F. The molecule has 0 unspecified atom stereocenters. The van der Waals surface area contributed by atoms with E-state index in [9.17, 15) is 9.18 Å². The molecule has 184 valence electrons. The van der Waals surface area contributed by atoms with E-state index < -0.39 is 23.0 Å². The molecule has 0 spiro atoms. The van der Waals surface area contributed by atoms with Crippen molar-refractivity contribution in [3.05, 3.63) is 77.4 Å². The molecule has 0 aliphatic carbocycles. The summed E-state index contributed by atoms with van der Waals surface area (Å²) in [5.41, 5.74) is 13.7. The van der Waals surface area contributed by atoms with E-state index >= 15 is 4.39 Å². The Kier molecular flexibility index (Phi) is 7.14. The maximum Gasteiger partial charge on any atom is 0.220 e. The Morgan fingerprint density at radius 3 is 2.58 bits per heavy atom. The molecule has 3 aromatic heterocycles. The van der Waals surface area contributed by atoms with Gasteiger partial charge in [-0.05, 0) is 55.3 Å². The van der Waals surface area contributed by atoms with Gasteiger partial charge >= 0.3 is 0 Å². The van der Waals surface area contributed by atoms with Crippen LogP contribution in [0.1, 0.15) is 35.1 Å². The minimum atomic E-state index is -0.898. The highest BCUT2D eigenvalue weighted by atomic mass is 19.1. The van der Waals surface area contributed by atoms with Gasteiger partial charge in [-0.2, -0.15) is 0 Å². The predicted octanol–water partition coefficient (Wildman–Crippen LogP) is 4.57. The molecular weight excluding hydrogens is 466 g/mol. The first kappa shape index (κ1) is 24.6. The van der Waals surface area contributed by atoms with Crippen molar-refractivity contribution in [2.75, 3.05) is 18.1 Å². The Bertz CT molecular complexity index is 1420. The smallest absolute Gasteiger partial charge is 0.220 e. The van der Waals surface area contributed by atoms with Crippen molar-refractivity contribution in [2.45, 2.75) is 26.7 Å². The molecule has 0 fully saturated rings. The average molecular weight is 491 g/mol. The van der Waals surface area contributed by atoms with Crippen LogP contribution in [-0.2, 0) is 6.42 Å². The molecule has 0 radical (unpaired) electrons. The molecule has 3 heterocycles. The van der Waals surface area contributed by atoms with Crippen LogP contribution in [0.15, 0.2) is 48.8 Å². The highest BCUT2D eigenvalue weighted by molar-refractivity contribution is 6.01. The van der Waals surface area contributed by atoms with Crippen LogP contribution in [0.5, 0.6) is 5.75 Å².